The summed E-state index contributed by atoms with van der Waals surface area (Å²) in [5, 5.41) is 11.4. The monoisotopic (exact) mass is 458 g/mol. The van der Waals surface area contributed by atoms with Crippen LogP contribution < -0.4 is 9.47 Å². The third-order valence-corrected chi connectivity index (χ3v) is 6.53. The number of carbonyl (C=O) groups is 2. The molecule has 1 unspecified atom stereocenters. The Hall–Kier alpha value is -2.89. The fraction of sp³-hybridized carbons (Fsp3) is 0.579. The van der Waals surface area contributed by atoms with Crippen molar-refractivity contribution >= 4 is 27.4 Å². The molecule has 172 valence electrons. The van der Waals surface area contributed by atoms with Crippen molar-refractivity contribution in [3.63, 3.8) is 0 Å². The van der Waals surface area contributed by atoms with E-state index in [2.05, 4.69) is 0 Å². The van der Waals surface area contributed by atoms with Crippen LogP contribution in [0.2, 0.25) is 0 Å². The number of carbonyl (C=O) groups excluding carboxylic acids is 2. The number of hydrogen-bond donors (Lipinski definition) is 0. The Morgan fingerprint density at radius 3 is 2.32 bits per heavy atom. The van der Waals surface area contributed by atoms with E-state index in [1.807, 2.05) is 13.8 Å². The summed E-state index contributed by atoms with van der Waals surface area (Å²) >= 11 is 0. The Kier molecular flexibility index (Phi) is 7.82. The van der Waals surface area contributed by atoms with Crippen molar-refractivity contribution in [1.82, 2.24) is 4.90 Å². The van der Waals surface area contributed by atoms with Crippen molar-refractivity contribution in [2.45, 2.75) is 26.3 Å². The van der Waals surface area contributed by atoms with Gasteiger partial charge in [0.05, 0.1) is 36.7 Å². The first-order valence-corrected chi connectivity index (χ1v) is 11.4. The fourth-order valence-corrected chi connectivity index (χ4v) is 5.07. The first-order valence-electron chi connectivity index (χ1n) is 9.56. The highest BCUT2D eigenvalue weighted by Gasteiger charge is 2.35. The number of benzene rings is 1. The van der Waals surface area contributed by atoms with Crippen LogP contribution in [0.5, 0.6) is 11.5 Å². The second-order valence-electron chi connectivity index (χ2n) is 7.55. The molecule has 0 spiro atoms. The first-order chi connectivity index (χ1) is 14.5. The number of nitrogens with zero attached hydrogens (tertiary/aromatic N) is 2. The predicted molar refractivity (Wildman–Crippen MR) is 110 cm³/mol. The topological polar surface area (TPSA) is 142 Å². The van der Waals surface area contributed by atoms with Crippen molar-refractivity contribution in [3.8, 4) is 11.5 Å². The van der Waals surface area contributed by atoms with Gasteiger partial charge in [-0.1, -0.05) is 13.8 Å². The van der Waals surface area contributed by atoms with Crippen molar-refractivity contribution < 1.29 is 37.1 Å². The smallest absolute Gasteiger partial charge is 0.345 e. The van der Waals surface area contributed by atoms with Crippen LogP contribution in [-0.2, 0) is 19.4 Å². The number of nitro benzene ring substituents is 1. The molecule has 31 heavy (non-hydrogen) atoms. The molecule has 0 saturated carbocycles. The number of rotatable bonds is 9. The second-order valence-corrected chi connectivity index (χ2v) is 9.78. The molecule has 1 atom stereocenters. The summed E-state index contributed by atoms with van der Waals surface area (Å²) in [5.41, 5.74) is -0.953. The van der Waals surface area contributed by atoms with Gasteiger partial charge in [-0.15, -0.1) is 0 Å². The predicted octanol–water partition coefficient (Wildman–Crippen LogP) is 1.44. The quantitative estimate of drug-likeness (QED) is 0.305. The van der Waals surface area contributed by atoms with Gasteiger partial charge in [0.2, 0.25) is 0 Å². The Bertz CT molecular complexity index is 959. The minimum atomic E-state index is -3.22. The lowest BCUT2D eigenvalue weighted by molar-refractivity contribution is -0.385. The molecule has 0 N–H and O–H groups in total. The Morgan fingerprint density at radius 2 is 1.84 bits per heavy atom. The highest BCUT2D eigenvalue weighted by atomic mass is 32.2. The number of ether oxygens (including phenoxy) is 3. The van der Waals surface area contributed by atoms with Crippen LogP contribution in [0.25, 0.3) is 0 Å². The maximum Gasteiger partial charge on any atom is 0.345 e. The summed E-state index contributed by atoms with van der Waals surface area (Å²) in [6, 6.07) is 1.65. The summed E-state index contributed by atoms with van der Waals surface area (Å²) in [5.74, 6) is -1.57. The van der Waals surface area contributed by atoms with Crippen LogP contribution in [0.15, 0.2) is 12.1 Å². The van der Waals surface area contributed by atoms with Gasteiger partial charge in [-0.25, -0.2) is 13.2 Å². The molecule has 1 aromatic carbocycles. The maximum atomic E-state index is 12.7. The number of nitro groups is 1. The van der Waals surface area contributed by atoms with E-state index in [-0.39, 0.29) is 28.9 Å². The molecule has 1 amide bonds. The number of sulfone groups is 1. The Labute approximate surface area is 180 Å². The molecule has 0 radical (unpaired) electrons. The number of esters is 1. The average molecular weight is 458 g/mol. The number of amides is 1. The van der Waals surface area contributed by atoms with Gasteiger partial charge in [-0.05, 0) is 12.3 Å². The SMILES string of the molecule is COc1cc(C(=O)OCC(=O)N(CC(C)C)C2CCS(=O)(=O)C2)c([N+](=O)[O-])cc1OC. The molecule has 0 aromatic heterocycles. The largest absolute Gasteiger partial charge is 0.493 e. The number of hydrogen-bond acceptors (Lipinski definition) is 9. The zero-order valence-electron chi connectivity index (χ0n) is 17.8. The molecule has 11 nitrogen and oxygen atoms in total. The summed E-state index contributed by atoms with van der Waals surface area (Å²) in [6.45, 7) is 3.38. The van der Waals surface area contributed by atoms with Gasteiger partial charge in [0, 0.05) is 18.7 Å². The van der Waals surface area contributed by atoms with Gasteiger partial charge >= 0.3 is 5.97 Å². The normalized spacial score (nSPS) is 17.3. The lowest BCUT2D eigenvalue weighted by Crippen LogP contribution is -2.45. The Morgan fingerprint density at radius 1 is 1.23 bits per heavy atom. The molecule has 1 fully saturated rings. The van der Waals surface area contributed by atoms with E-state index < -0.39 is 50.5 Å². The molecule has 12 heteroatoms. The second kappa shape index (κ2) is 9.94. The van der Waals surface area contributed by atoms with Crippen molar-refractivity contribution in [2.75, 3.05) is 38.9 Å². The summed E-state index contributed by atoms with van der Waals surface area (Å²) < 4.78 is 38.7. The van der Waals surface area contributed by atoms with E-state index in [4.69, 9.17) is 14.2 Å². The molecule has 0 bridgehead atoms. The number of methoxy groups -OCH3 is 2. The van der Waals surface area contributed by atoms with Crippen LogP contribution in [0.3, 0.4) is 0 Å². The molecule has 1 saturated heterocycles. The molecule has 1 aromatic rings. The van der Waals surface area contributed by atoms with E-state index in [1.165, 1.54) is 19.1 Å². The zero-order chi connectivity index (χ0) is 23.3. The van der Waals surface area contributed by atoms with Crippen molar-refractivity contribution in [1.29, 1.82) is 0 Å². The average Bonchev–Trinajstić information content (AvgIpc) is 3.07. The lowest BCUT2D eigenvalue weighted by Gasteiger charge is -2.29. The highest BCUT2D eigenvalue weighted by molar-refractivity contribution is 7.91. The van der Waals surface area contributed by atoms with Gasteiger partial charge in [-0.2, -0.15) is 0 Å². The van der Waals surface area contributed by atoms with Crippen LogP contribution in [0, 0.1) is 16.0 Å². The first kappa shape index (κ1) is 24.4. The molecular formula is C19H26N2O9S. The highest BCUT2D eigenvalue weighted by Crippen LogP contribution is 2.34. The summed E-state index contributed by atoms with van der Waals surface area (Å²) in [7, 11) is -0.612. The van der Waals surface area contributed by atoms with Gasteiger partial charge in [0.25, 0.3) is 11.6 Å². The van der Waals surface area contributed by atoms with E-state index in [0.717, 1.165) is 12.1 Å². The van der Waals surface area contributed by atoms with E-state index in [1.54, 1.807) is 0 Å². The van der Waals surface area contributed by atoms with Gasteiger partial charge < -0.3 is 19.1 Å². The van der Waals surface area contributed by atoms with Crippen LogP contribution in [0.1, 0.15) is 30.6 Å². The molecule has 1 heterocycles. The van der Waals surface area contributed by atoms with Crippen LogP contribution in [0.4, 0.5) is 5.69 Å². The summed E-state index contributed by atoms with van der Waals surface area (Å²) in [4.78, 5) is 37.3. The van der Waals surface area contributed by atoms with Gasteiger partial charge in [0.1, 0.15) is 5.56 Å². The maximum absolute atomic E-state index is 12.7. The van der Waals surface area contributed by atoms with E-state index in [9.17, 15) is 28.1 Å². The van der Waals surface area contributed by atoms with E-state index >= 15 is 0 Å². The van der Waals surface area contributed by atoms with Crippen molar-refractivity contribution in [2.24, 2.45) is 5.92 Å². The standard InChI is InChI=1S/C19H26N2O9S/c1-12(2)9-20(13-5-6-31(26,27)11-13)18(22)10-30-19(23)14-7-16(28-3)17(29-4)8-15(14)21(24)25/h7-8,12-13H,5-6,9-11H2,1-4H3. The Balaban J connectivity index is 2.19. The molecule has 0 aliphatic carbocycles. The van der Waals surface area contributed by atoms with Gasteiger partial charge in [0.15, 0.2) is 27.9 Å². The zero-order valence-corrected chi connectivity index (χ0v) is 18.6. The lowest BCUT2D eigenvalue weighted by atomic mass is 10.1. The van der Waals surface area contributed by atoms with Gasteiger partial charge in [-0.3, -0.25) is 14.9 Å². The van der Waals surface area contributed by atoms with E-state index in [0.29, 0.717) is 13.0 Å². The van der Waals surface area contributed by atoms with Crippen LogP contribution >= 0.6 is 0 Å². The minimum absolute atomic E-state index is 0.00281. The minimum Gasteiger partial charge on any atom is -0.493 e. The molecule has 1 aliphatic rings. The summed E-state index contributed by atoms with van der Waals surface area (Å²) in [6.07, 6.45) is 0.315. The third-order valence-electron chi connectivity index (χ3n) is 4.78. The van der Waals surface area contributed by atoms with Crippen molar-refractivity contribution in [3.05, 3.63) is 27.8 Å². The van der Waals surface area contributed by atoms with Crippen LogP contribution in [-0.4, -0.2) is 75.0 Å². The molecule has 2 rings (SSSR count). The fourth-order valence-electron chi connectivity index (χ4n) is 3.34. The third kappa shape index (κ3) is 6.06. The molecule has 1 aliphatic heterocycles. The molecular weight excluding hydrogens is 432 g/mol.